The van der Waals surface area contributed by atoms with Gasteiger partial charge in [-0.05, 0) is 37.5 Å². The molecule has 1 aromatic heterocycles. The number of benzene rings is 1. The van der Waals surface area contributed by atoms with Crippen molar-refractivity contribution in [2.75, 3.05) is 19.5 Å². The molecular formula is C18H24ClN3O3. The molecule has 0 radical (unpaired) electrons. The van der Waals surface area contributed by atoms with Crippen LogP contribution in [0.15, 0.2) is 23.0 Å². The maximum Gasteiger partial charge on any atom is 0.349 e. The lowest BCUT2D eigenvalue weighted by molar-refractivity contribution is 0.354. The first-order valence-corrected chi connectivity index (χ1v) is 8.21. The minimum absolute atomic E-state index is 0. The lowest BCUT2D eigenvalue weighted by Crippen LogP contribution is -2.30. The van der Waals surface area contributed by atoms with Crippen molar-refractivity contribution in [2.45, 2.75) is 39.3 Å². The van der Waals surface area contributed by atoms with Crippen LogP contribution in [0.5, 0.6) is 11.5 Å². The van der Waals surface area contributed by atoms with Crippen LogP contribution in [0.25, 0.3) is 11.3 Å². The van der Waals surface area contributed by atoms with Gasteiger partial charge >= 0.3 is 5.69 Å². The molecule has 25 heavy (non-hydrogen) atoms. The number of methoxy groups -OCH3 is 2. The fourth-order valence-corrected chi connectivity index (χ4v) is 2.97. The zero-order chi connectivity index (χ0) is 17.3. The summed E-state index contributed by atoms with van der Waals surface area (Å²) in [6.07, 6.45) is 1.73. The zero-order valence-corrected chi connectivity index (χ0v) is 15.8. The van der Waals surface area contributed by atoms with Crippen molar-refractivity contribution in [3.8, 4) is 22.8 Å². The summed E-state index contributed by atoms with van der Waals surface area (Å²) in [5, 5.41) is 3.28. The van der Waals surface area contributed by atoms with E-state index in [0.717, 1.165) is 29.7 Å². The number of aryl methyl sites for hydroxylation is 1. The van der Waals surface area contributed by atoms with Gasteiger partial charge in [-0.2, -0.15) is 4.98 Å². The Balaban J connectivity index is 0.00000225. The van der Waals surface area contributed by atoms with E-state index in [0.29, 0.717) is 23.9 Å². The van der Waals surface area contributed by atoms with Gasteiger partial charge in [-0.1, -0.05) is 6.92 Å². The van der Waals surface area contributed by atoms with E-state index in [1.165, 1.54) is 0 Å². The largest absolute Gasteiger partial charge is 0.493 e. The molecule has 0 spiro atoms. The molecule has 0 fully saturated rings. The minimum atomic E-state index is -0.223. The molecule has 0 bridgehead atoms. The number of halogens is 1. The molecule has 0 saturated carbocycles. The molecule has 1 atom stereocenters. The molecule has 136 valence electrons. The first kappa shape index (κ1) is 19.1. The smallest absolute Gasteiger partial charge is 0.349 e. The van der Waals surface area contributed by atoms with Crippen molar-refractivity contribution >= 4 is 18.2 Å². The summed E-state index contributed by atoms with van der Waals surface area (Å²) in [7, 11) is 3.24. The second-order valence-corrected chi connectivity index (χ2v) is 6.03. The van der Waals surface area contributed by atoms with E-state index in [1.807, 2.05) is 18.2 Å². The van der Waals surface area contributed by atoms with Gasteiger partial charge in [0.25, 0.3) is 0 Å². The third-order valence-electron chi connectivity index (χ3n) is 4.51. The van der Waals surface area contributed by atoms with Crippen LogP contribution in [0, 0.1) is 0 Å². The van der Waals surface area contributed by atoms with Gasteiger partial charge in [-0.25, -0.2) is 4.79 Å². The zero-order valence-electron chi connectivity index (χ0n) is 15.0. The number of fused-ring (bicyclic) bond motifs is 3. The highest BCUT2D eigenvalue weighted by Gasteiger charge is 2.21. The Kier molecular flexibility index (Phi) is 5.95. The normalized spacial score (nSPS) is 13.1. The number of nitrogens with one attached hydrogen (secondary N) is 1. The number of hydrogen-bond donors (Lipinski definition) is 1. The van der Waals surface area contributed by atoms with Crippen molar-refractivity contribution in [1.82, 2.24) is 9.55 Å². The quantitative estimate of drug-likeness (QED) is 0.881. The molecule has 6 nitrogen and oxygen atoms in total. The van der Waals surface area contributed by atoms with Crippen LogP contribution in [-0.2, 0) is 13.0 Å². The Morgan fingerprint density at radius 2 is 1.92 bits per heavy atom. The van der Waals surface area contributed by atoms with Gasteiger partial charge < -0.3 is 14.8 Å². The number of rotatable bonds is 5. The Bertz CT molecular complexity index is 820. The van der Waals surface area contributed by atoms with Crippen molar-refractivity contribution in [1.29, 1.82) is 0 Å². The van der Waals surface area contributed by atoms with Gasteiger partial charge in [0.05, 0.1) is 19.9 Å². The van der Waals surface area contributed by atoms with E-state index in [1.54, 1.807) is 18.8 Å². The van der Waals surface area contributed by atoms with E-state index in [9.17, 15) is 4.79 Å². The molecule has 1 N–H and O–H groups in total. The van der Waals surface area contributed by atoms with E-state index >= 15 is 0 Å². The van der Waals surface area contributed by atoms with Crippen LogP contribution < -0.4 is 20.5 Å². The number of nitrogens with zero attached hydrogens (tertiary/aromatic N) is 2. The maximum absolute atomic E-state index is 12.4. The van der Waals surface area contributed by atoms with Crippen molar-refractivity contribution in [3.05, 3.63) is 34.2 Å². The van der Waals surface area contributed by atoms with Crippen LogP contribution in [0.3, 0.4) is 0 Å². The second-order valence-electron chi connectivity index (χ2n) is 6.03. The molecule has 1 aliphatic heterocycles. The molecular weight excluding hydrogens is 342 g/mol. The highest BCUT2D eigenvalue weighted by molar-refractivity contribution is 5.85. The summed E-state index contributed by atoms with van der Waals surface area (Å²) in [4.78, 5) is 16.6. The van der Waals surface area contributed by atoms with Crippen molar-refractivity contribution < 1.29 is 9.47 Å². The van der Waals surface area contributed by atoms with Crippen molar-refractivity contribution in [3.63, 3.8) is 0 Å². The van der Waals surface area contributed by atoms with E-state index in [2.05, 4.69) is 24.1 Å². The number of aromatic nitrogens is 2. The molecule has 0 aliphatic carbocycles. The molecule has 0 saturated heterocycles. The SMILES string of the molecule is CCC(C)Nc1cc2n(c(=O)n1)CCc1cc(OC)c(OC)cc1-2.Cl. The third-order valence-corrected chi connectivity index (χ3v) is 4.51. The minimum Gasteiger partial charge on any atom is -0.493 e. The fourth-order valence-electron chi connectivity index (χ4n) is 2.97. The van der Waals surface area contributed by atoms with Crippen molar-refractivity contribution in [2.24, 2.45) is 0 Å². The van der Waals surface area contributed by atoms with E-state index in [4.69, 9.17) is 9.47 Å². The summed E-state index contributed by atoms with van der Waals surface area (Å²) < 4.78 is 12.5. The number of anilines is 1. The molecule has 0 amide bonds. The van der Waals surface area contributed by atoms with Crippen LogP contribution in [-0.4, -0.2) is 29.8 Å². The Morgan fingerprint density at radius 1 is 1.24 bits per heavy atom. The molecule has 7 heteroatoms. The predicted octanol–water partition coefficient (Wildman–Crippen LogP) is 3.12. The number of ether oxygens (including phenoxy) is 2. The van der Waals surface area contributed by atoms with Gasteiger partial charge in [-0.15, -0.1) is 12.4 Å². The molecule has 1 aromatic carbocycles. The van der Waals surface area contributed by atoms with Gasteiger partial charge in [0, 0.05) is 24.2 Å². The first-order valence-electron chi connectivity index (χ1n) is 8.21. The highest BCUT2D eigenvalue weighted by Crippen LogP contribution is 2.38. The third kappa shape index (κ3) is 3.58. The summed E-state index contributed by atoms with van der Waals surface area (Å²) in [6.45, 7) is 4.78. The highest BCUT2D eigenvalue weighted by atomic mass is 35.5. The monoisotopic (exact) mass is 365 g/mol. The average molecular weight is 366 g/mol. The van der Waals surface area contributed by atoms with Gasteiger partial charge in [-0.3, -0.25) is 4.57 Å². The van der Waals surface area contributed by atoms with Crippen LogP contribution >= 0.6 is 12.4 Å². The standard InChI is InChI=1S/C18H23N3O3.ClH/c1-5-11(2)19-17-10-14-13-9-16(24-4)15(23-3)8-12(13)6-7-21(14)18(22)20-17;/h8-11H,5-7H2,1-4H3,(H,19,20,22);1H. The molecule has 2 heterocycles. The van der Waals surface area contributed by atoms with Crippen LogP contribution in [0.2, 0.25) is 0 Å². The average Bonchev–Trinajstić information content (AvgIpc) is 2.60. The van der Waals surface area contributed by atoms with E-state index < -0.39 is 0 Å². The van der Waals surface area contributed by atoms with Gasteiger partial charge in [0.1, 0.15) is 5.82 Å². The maximum atomic E-state index is 12.4. The second kappa shape index (κ2) is 7.78. The summed E-state index contributed by atoms with van der Waals surface area (Å²) in [5.74, 6) is 1.98. The fraction of sp³-hybridized carbons (Fsp3) is 0.444. The summed E-state index contributed by atoms with van der Waals surface area (Å²) in [5.41, 5.74) is 2.78. The topological polar surface area (TPSA) is 65.4 Å². The van der Waals surface area contributed by atoms with E-state index in [-0.39, 0.29) is 24.1 Å². The molecule has 3 rings (SSSR count). The first-order chi connectivity index (χ1) is 11.6. The predicted molar refractivity (Wildman–Crippen MR) is 101 cm³/mol. The Labute approximate surface area is 153 Å². The summed E-state index contributed by atoms with van der Waals surface area (Å²) in [6, 6.07) is 6.13. The van der Waals surface area contributed by atoms with Gasteiger partial charge in [0.15, 0.2) is 11.5 Å². The molecule has 2 aromatic rings. The van der Waals surface area contributed by atoms with Crippen LogP contribution in [0.4, 0.5) is 5.82 Å². The molecule has 1 unspecified atom stereocenters. The van der Waals surface area contributed by atoms with Crippen LogP contribution in [0.1, 0.15) is 25.8 Å². The lowest BCUT2D eigenvalue weighted by Gasteiger charge is -2.24. The Morgan fingerprint density at radius 3 is 2.56 bits per heavy atom. The Hall–Kier alpha value is -2.21. The number of hydrogen-bond acceptors (Lipinski definition) is 5. The lowest BCUT2D eigenvalue weighted by atomic mass is 9.97. The van der Waals surface area contributed by atoms with Gasteiger partial charge in [0.2, 0.25) is 0 Å². The molecule has 1 aliphatic rings. The summed E-state index contributed by atoms with van der Waals surface area (Å²) >= 11 is 0.